The summed E-state index contributed by atoms with van der Waals surface area (Å²) in [5, 5.41) is 3.50. The Morgan fingerprint density at radius 1 is 1.15 bits per heavy atom. The molecule has 2 aromatic rings. The molecule has 0 amide bonds. The van der Waals surface area contributed by atoms with Gasteiger partial charge in [-0.3, -0.25) is 4.98 Å². The average molecular weight is 272 g/mol. The lowest BCUT2D eigenvalue weighted by molar-refractivity contribution is 0.492. The van der Waals surface area contributed by atoms with E-state index in [1.807, 2.05) is 24.4 Å². The van der Waals surface area contributed by atoms with Gasteiger partial charge in [-0.2, -0.15) is 0 Å². The molecule has 0 fully saturated rings. The highest BCUT2D eigenvalue weighted by atomic mass is 19.1. The largest absolute Gasteiger partial charge is 0.313 e. The Balaban J connectivity index is 2.05. The fraction of sp³-hybridized carbons (Fsp3) is 0.353. The number of benzene rings is 1. The predicted molar refractivity (Wildman–Crippen MR) is 80.1 cm³/mol. The highest BCUT2D eigenvalue weighted by Gasteiger charge is 2.12. The van der Waals surface area contributed by atoms with E-state index in [2.05, 4.69) is 23.3 Å². The number of nitrogens with zero attached hydrogens (tertiary/aromatic N) is 1. The van der Waals surface area contributed by atoms with Crippen molar-refractivity contribution in [1.82, 2.24) is 10.3 Å². The third kappa shape index (κ3) is 4.42. The minimum atomic E-state index is -0.123. The third-order valence-electron chi connectivity index (χ3n) is 3.31. The molecule has 1 atom stereocenters. The summed E-state index contributed by atoms with van der Waals surface area (Å²) in [6, 6.07) is 11.2. The molecular formula is C17H21FN2. The van der Waals surface area contributed by atoms with Crippen LogP contribution in [-0.2, 0) is 12.8 Å². The van der Waals surface area contributed by atoms with Crippen molar-refractivity contribution in [2.24, 2.45) is 0 Å². The van der Waals surface area contributed by atoms with Crippen LogP contribution in [0.1, 0.15) is 24.5 Å². The number of pyridine rings is 1. The summed E-state index contributed by atoms with van der Waals surface area (Å²) in [7, 11) is 0. The van der Waals surface area contributed by atoms with Crippen LogP contribution in [0.2, 0.25) is 0 Å². The second kappa shape index (κ2) is 7.75. The van der Waals surface area contributed by atoms with Crippen molar-refractivity contribution in [2.75, 3.05) is 6.54 Å². The summed E-state index contributed by atoms with van der Waals surface area (Å²) in [5.74, 6) is -0.123. The van der Waals surface area contributed by atoms with E-state index < -0.39 is 0 Å². The molecule has 0 radical (unpaired) electrons. The lowest BCUT2D eigenvalue weighted by Crippen LogP contribution is -2.34. The molecule has 0 bridgehead atoms. The summed E-state index contributed by atoms with van der Waals surface area (Å²) < 4.78 is 13.8. The maximum atomic E-state index is 13.8. The van der Waals surface area contributed by atoms with Crippen LogP contribution < -0.4 is 5.32 Å². The number of rotatable bonds is 7. The van der Waals surface area contributed by atoms with Crippen molar-refractivity contribution in [1.29, 1.82) is 0 Å². The summed E-state index contributed by atoms with van der Waals surface area (Å²) in [4.78, 5) is 4.14. The van der Waals surface area contributed by atoms with Crippen molar-refractivity contribution in [2.45, 2.75) is 32.2 Å². The second-order valence-corrected chi connectivity index (χ2v) is 5.01. The molecule has 0 saturated heterocycles. The molecule has 0 spiro atoms. The highest BCUT2D eigenvalue weighted by molar-refractivity contribution is 5.19. The van der Waals surface area contributed by atoms with Gasteiger partial charge in [0.15, 0.2) is 0 Å². The van der Waals surface area contributed by atoms with E-state index in [0.29, 0.717) is 6.42 Å². The first-order chi connectivity index (χ1) is 9.79. The van der Waals surface area contributed by atoms with E-state index in [0.717, 1.165) is 24.9 Å². The van der Waals surface area contributed by atoms with Crippen LogP contribution in [0.25, 0.3) is 0 Å². The van der Waals surface area contributed by atoms with E-state index in [9.17, 15) is 4.39 Å². The predicted octanol–water partition coefficient (Wildman–Crippen LogP) is 3.37. The van der Waals surface area contributed by atoms with E-state index in [-0.39, 0.29) is 11.9 Å². The Kier molecular flexibility index (Phi) is 5.69. The number of nitrogens with one attached hydrogen (secondary N) is 1. The molecule has 20 heavy (non-hydrogen) atoms. The lowest BCUT2D eigenvalue weighted by Gasteiger charge is -2.19. The number of hydrogen-bond donors (Lipinski definition) is 1. The number of aromatic nitrogens is 1. The number of halogens is 1. The van der Waals surface area contributed by atoms with E-state index >= 15 is 0 Å². The first-order valence-electron chi connectivity index (χ1n) is 7.15. The molecule has 1 unspecified atom stereocenters. The van der Waals surface area contributed by atoms with Crippen molar-refractivity contribution in [3.63, 3.8) is 0 Å². The zero-order chi connectivity index (χ0) is 14.2. The summed E-state index contributed by atoms with van der Waals surface area (Å²) in [6.45, 7) is 3.08. The summed E-state index contributed by atoms with van der Waals surface area (Å²) >= 11 is 0. The molecule has 1 aromatic carbocycles. The molecule has 3 heteroatoms. The standard InChI is InChI=1S/C17H21FN2/c1-2-9-20-16(11-14-6-5-10-19-13-14)12-15-7-3-4-8-17(15)18/h3-8,10,13,16,20H,2,9,11-12H2,1H3. The molecule has 0 aliphatic carbocycles. The summed E-state index contributed by atoms with van der Waals surface area (Å²) in [6.07, 6.45) is 6.28. The van der Waals surface area contributed by atoms with Gasteiger partial charge in [0.05, 0.1) is 0 Å². The first-order valence-corrected chi connectivity index (χ1v) is 7.15. The average Bonchev–Trinajstić information content (AvgIpc) is 2.48. The maximum absolute atomic E-state index is 13.8. The van der Waals surface area contributed by atoms with Gasteiger partial charge in [0, 0.05) is 18.4 Å². The molecule has 1 heterocycles. The smallest absolute Gasteiger partial charge is 0.126 e. The summed E-state index contributed by atoms with van der Waals surface area (Å²) in [5.41, 5.74) is 1.95. The SMILES string of the molecule is CCCNC(Cc1cccnc1)Cc1ccccc1F. The molecule has 0 saturated carbocycles. The monoisotopic (exact) mass is 272 g/mol. The van der Waals surface area contributed by atoms with Gasteiger partial charge in [0.1, 0.15) is 5.82 Å². The molecule has 0 aliphatic heterocycles. The molecule has 2 rings (SSSR count). The van der Waals surface area contributed by atoms with Crippen LogP contribution in [0, 0.1) is 5.82 Å². The van der Waals surface area contributed by atoms with Crippen molar-refractivity contribution in [3.05, 3.63) is 65.7 Å². The van der Waals surface area contributed by atoms with Gasteiger partial charge in [-0.25, -0.2) is 4.39 Å². The van der Waals surface area contributed by atoms with E-state index in [4.69, 9.17) is 0 Å². The highest BCUT2D eigenvalue weighted by Crippen LogP contribution is 2.12. The van der Waals surface area contributed by atoms with E-state index in [1.54, 1.807) is 12.3 Å². The van der Waals surface area contributed by atoms with Gasteiger partial charge in [0.2, 0.25) is 0 Å². The van der Waals surface area contributed by atoms with Gasteiger partial charge in [-0.05, 0) is 49.1 Å². The third-order valence-corrected chi connectivity index (χ3v) is 3.31. The first kappa shape index (κ1) is 14.7. The Bertz CT molecular complexity index is 513. The molecule has 0 aliphatic rings. The topological polar surface area (TPSA) is 24.9 Å². The maximum Gasteiger partial charge on any atom is 0.126 e. The van der Waals surface area contributed by atoms with Gasteiger partial charge >= 0.3 is 0 Å². The lowest BCUT2D eigenvalue weighted by atomic mass is 9.99. The van der Waals surface area contributed by atoms with Crippen LogP contribution in [0.4, 0.5) is 4.39 Å². The Hall–Kier alpha value is -1.74. The molecule has 1 aromatic heterocycles. The van der Waals surface area contributed by atoms with Crippen molar-refractivity contribution >= 4 is 0 Å². The van der Waals surface area contributed by atoms with Crippen LogP contribution in [0.5, 0.6) is 0 Å². The van der Waals surface area contributed by atoms with Gasteiger partial charge in [-0.1, -0.05) is 31.2 Å². The minimum Gasteiger partial charge on any atom is -0.313 e. The zero-order valence-corrected chi connectivity index (χ0v) is 11.8. The van der Waals surface area contributed by atoms with Gasteiger partial charge in [-0.15, -0.1) is 0 Å². The molecular weight excluding hydrogens is 251 g/mol. The van der Waals surface area contributed by atoms with Crippen LogP contribution in [0.15, 0.2) is 48.8 Å². The fourth-order valence-electron chi connectivity index (χ4n) is 2.30. The molecule has 2 nitrogen and oxygen atoms in total. The minimum absolute atomic E-state index is 0.123. The number of hydrogen-bond acceptors (Lipinski definition) is 2. The van der Waals surface area contributed by atoms with Crippen molar-refractivity contribution < 1.29 is 4.39 Å². The second-order valence-electron chi connectivity index (χ2n) is 5.01. The Labute approximate surface area is 120 Å². The van der Waals surface area contributed by atoms with E-state index in [1.165, 1.54) is 11.6 Å². The van der Waals surface area contributed by atoms with Crippen LogP contribution in [-0.4, -0.2) is 17.6 Å². The fourth-order valence-corrected chi connectivity index (χ4v) is 2.30. The van der Waals surface area contributed by atoms with Gasteiger partial charge < -0.3 is 5.32 Å². The Morgan fingerprint density at radius 2 is 2.00 bits per heavy atom. The molecule has 106 valence electrons. The Morgan fingerprint density at radius 3 is 2.70 bits per heavy atom. The van der Waals surface area contributed by atoms with Crippen LogP contribution in [0.3, 0.4) is 0 Å². The normalized spacial score (nSPS) is 12.3. The van der Waals surface area contributed by atoms with Crippen LogP contribution >= 0.6 is 0 Å². The molecule has 1 N–H and O–H groups in total. The van der Waals surface area contributed by atoms with Crippen molar-refractivity contribution in [3.8, 4) is 0 Å². The quantitative estimate of drug-likeness (QED) is 0.836. The van der Waals surface area contributed by atoms with Gasteiger partial charge in [0.25, 0.3) is 0 Å². The zero-order valence-electron chi connectivity index (χ0n) is 11.8.